The maximum absolute atomic E-state index is 9.24. The Morgan fingerprint density at radius 2 is 1.89 bits per heavy atom. The summed E-state index contributed by atoms with van der Waals surface area (Å²) >= 11 is 0. The molecule has 0 radical (unpaired) electrons. The second-order valence-electron chi connectivity index (χ2n) is 5.64. The monoisotopic (exact) mass is 266 g/mol. The summed E-state index contributed by atoms with van der Waals surface area (Å²) in [5.41, 5.74) is 2.23. The molecule has 0 amide bonds. The van der Waals surface area contributed by atoms with E-state index < -0.39 is 9.76 Å². The molecule has 0 saturated heterocycles. The fourth-order valence-corrected chi connectivity index (χ4v) is 3.57. The van der Waals surface area contributed by atoms with Crippen molar-refractivity contribution in [2.75, 3.05) is 6.61 Å². The molecular weight excluding hydrogens is 240 g/mol. The summed E-state index contributed by atoms with van der Waals surface area (Å²) in [6.07, 6.45) is 3.40. The van der Waals surface area contributed by atoms with Crippen molar-refractivity contribution >= 4 is 9.76 Å². The number of aliphatic hydroxyl groups excluding tert-OH is 1. The maximum atomic E-state index is 9.24. The Hall–Kier alpha value is -0.643. The van der Waals surface area contributed by atoms with E-state index in [0.717, 1.165) is 18.6 Å². The molecule has 1 aromatic carbocycles. The lowest BCUT2D eigenvalue weighted by Crippen LogP contribution is -2.17. The Balaban J connectivity index is 2.33. The van der Waals surface area contributed by atoms with Crippen molar-refractivity contribution in [3.8, 4) is 0 Å². The van der Waals surface area contributed by atoms with E-state index in [-0.39, 0.29) is 6.61 Å². The van der Waals surface area contributed by atoms with Gasteiger partial charge in [0.2, 0.25) is 0 Å². The van der Waals surface area contributed by atoms with E-state index in [2.05, 4.69) is 26.8 Å². The number of hydrogen-bond acceptors (Lipinski definition) is 2. The van der Waals surface area contributed by atoms with Crippen molar-refractivity contribution in [3.63, 3.8) is 0 Å². The molecule has 0 aromatic heterocycles. The smallest absolute Gasteiger partial charge is 0.167 e. The summed E-state index contributed by atoms with van der Waals surface area (Å²) in [4.78, 5) is 0. The normalized spacial score (nSPS) is 12.4. The second-order valence-corrected chi connectivity index (χ2v) is 8.25. The molecule has 0 atom stereocenters. The van der Waals surface area contributed by atoms with Crippen LogP contribution in [0.15, 0.2) is 24.3 Å². The summed E-state index contributed by atoms with van der Waals surface area (Å²) in [5.74, 6) is 0. The zero-order valence-corrected chi connectivity index (χ0v) is 13.3. The van der Waals surface area contributed by atoms with E-state index in [4.69, 9.17) is 4.43 Å². The van der Waals surface area contributed by atoms with Crippen LogP contribution in [0.25, 0.3) is 0 Å². The van der Waals surface area contributed by atoms with Gasteiger partial charge in [0.1, 0.15) is 0 Å². The number of aliphatic hydroxyl groups is 1. The Labute approximate surface area is 113 Å². The highest BCUT2D eigenvalue weighted by Crippen LogP contribution is 2.28. The first-order valence-corrected chi connectivity index (χ1v) is 8.13. The third kappa shape index (κ3) is 5.34. The quantitative estimate of drug-likeness (QED) is 0.579. The third-order valence-corrected chi connectivity index (χ3v) is 4.85. The molecule has 1 aromatic rings. The lowest BCUT2D eigenvalue weighted by atomic mass is 10.1. The van der Waals surface area contributed by atoms with Gasteiger partial charge in [-0.2, -0.15) is 0 Å². The molecule has 2 nitrogen and oxygen atoms in total. The van der Waals surface area contributed by atoms with Crippen molar-refractivity contribution in [1.29, 1.82) is 0 Å². The van der Waals surface area contributed by atoms with Crippen LogP contribution in [0.2, 0.25) is 5.04 Å². The Morgan fingerprint density at radius 1 is 1.22 bits per heavy atom. The van der Waals surface area contributed by atoms with Gasteiger partial charge in [0.05, 0.1) is 6.61 Å². The van der Waals surface area contributed by atoms with E-state index >= 15 is 0 Å². The van der Waals surface area contributed by atoms with Crippen LogP contribution < -0.4 is 0 Å². The molecule has 0 aliphatic rings. The number of rotatable bonds is 8. The first kappa shape index (κ1) is 15.4. The summed E-state index contributed by atoms with van der Waals surface area (Å²) in [6, 6.07) is 8.05. The van der Waals surface area contributed by atoms with E-state index in [1.807, 2.05) is 18.2 Å². The maximum Gasteiger partial charge on any atom is 0.167 e. The lowest BCUT2D eigenvalue weighted by molar-refractivity contribution is 0.278. The van der Waals surface area contributed by atoms with Gasteiger partial charge < -0.3 is 9.53 Å². The zero-order chi connectivity index (χ0) is 13.4. The molecule has 0 bridgehead atoms. The fraction of sp³-hybridized carbons (Fsp3) is 0.600. The van der Waals surface area contributed by atoms with Gasteiger partial charge in [-0.05, 0) is 29.0 Å². The van der Waals surface area contributed by atoms with Gasteiger partial charge in [0.25, 0.3) is 0 Å². The van der Waals surface area contributed by atoms with Crippen molar-refractivity contribution in [2.24, 2.45) is 0 Å². The molecule has 0 aliphatic carbocycles. The molecule has 1 N–H and O–H groups in total. The van der Waals surface area contributed by atoms with Crippen molar-refractivity contribution in [3.05, 3.63) is 35.4 Å². The van der Waals surface area contributed by atoms with Crippen molar-refractivity contribution in [1.82, 2.24) is 0 Å². The minimum Gasteiger partial charge on any atom is -0.423 e. The minimum absolute atomic E-state index is 0.120. The predicted molar refractivity (Wildman–Crippen MR) is 79.5 cm³/mol. The molecule has 0 saturated carbocycles. The van der Waals surface area contributed by atoms with Crippen LogP contribution in [0.1, 0.15) is 44.7 Å². The van der Waals surface area contributed by atoms with Gasteiger partial charge in [-0.15, -0.1) is 0 Å². The standard InChI is InChI=1S/C15H26O2Si/c1-4-10-15(2,3)18-17-11-9-13-7-5-6-8-14(13)12-16/h5-8,16H,4,9-12,18H2,1-3H3. The predicted octanol–water partition coefficient (Wildman–Crippen LogP) is 2.82. The van der Waals surface area contributed by atoms with Crippen LogP contribution in [0.5, 0.6) is 0 Å². The van der Waals surface area contributed by atoms with Gasteiger partial charge in [-0.25, -0.2) is 0 Å². The molecule has 0 spiro atoms. The Morgan fingerprint density at radius 3 is 2.50 bits per heavy atom. The van der Waals surface area contributed by atoms with Gasteiger partial charge in [0, 0.05) is 6.61 Å². The highest BCUT2D eigenvalue weighted by atomic mass is 28.2. The molecule has 3 heteroatoms. The van der Waals surface area contributed by atoms with Gasteiger partial charge >= 0.3 is 0 Å². The van der Waals surface area contributed by atoms with E-state index in [1.165, 1.54) is 18.4 Å². The van der Waals surface area contributed by atoms with Gasteiger partial charge in [-0.1, -0.05) is 51.5 Å². The van der Waals surface area contributed by atoms with Crippen LogP contribution in [0.4, 0.5) is 0 Å². The second kappa shape index (κ2) is 7.72. The fourth-order valence-electron chi connectivity index (χ4n) is 2.24. The highest BCUT2D eigenvalue weighted by Gasteiger charge is 2.17. The Kier molecular flexibility index (Phi) is 6.61. The van der Waals surface area contributed by atoms with E-state index in [0.29, 0.717) is 5.04 Å². The average Bonchev–Trinajstić information content (AvgIpc) is 2.35. The van der Waals surface area contributed by atoms with Crippen molar-refractivity contribution in [2.45, 2.75) is 51.7 Å². The van der Waals surface area contributed by atoms with Gasteiger partial charge in [-0.3, -0.25) is 0 Å². The summed E-state index contributed by atoms with van der Waals surface area (Å²) in [6.45, 7) is 7.76. The van der Waals surface area contributed by atoms with Crippen LogP contribution >= 0.6 is 0 Å². The van der Waals surface area contributed by atoms with Crippen LogP contribution in [-0.4, -0.2) is 21.5 Å². The van der Waals surface area contributed by atoms with E-state index in [9.17, 15) is 5.11 Å². The van der Waals surface area contributed by atoms with E-state index in [1.54, 1.807) is 0 Å². The first-order chi connectivity index (χ1) is 8.59. The first-order valence-electron chi connectivity index (χ1n) is 6.84. The minimum atomic E-state index is -0.469. The molecule has 18 heavy (non-hydrogen) atoms. The molecule has 0 aliphatic heterocycles. The molecule has 0 unspecified atom stereocenters. The number of hydrogen-bond donors (Lipinski definition) is 1. The zero-order valence-electron chi connectivity index (χ0n) is 11.9. The molecular formula is C15H26O2Si. The van der Waals surface area contributed by atoms with Gasteiger partial charge in [0.15, 0.2) is 9.76 Å². The van der Waals surface area contributed by atoms with Crippen LogP contribution in [0.3, 0.4) is 0 Å². The Bertz CT molecular complexity index is 350. The summed E-state index contributed by atoms with van der Waals surface area (Å²) in [7, 11) is -0.469. The molecule has 102 valence electrons. The van der Waals surface area contributed by atoms with Crippen LogP contribution in [0, 0.1) is 0 Å². The largest absolute Gasteiger partial charge is 0.423 e. The SMILES string of the molecule is CCCC(C)(C)[SiH2]OCCc1ccccc1CO. The third-order valence-electron chi connectivity index (χ3n) is 3.22. The molecule has 0 fully saturated rings. The lowest BCUT2D eigenvalue weighted by Gasteiger charge is -2.22. The highest BCUT2D eigenvalue weighted by molar-refractivity contribution is 6.31. The molecule has 1 rings (SSSR count). The topological polar surface area (TPSA) is 29.5 Å². The number of benzene rings is 1. The average molecular weight is 266 g/mol. The van der Waals surface area contributed by atoms with Crippen molar-refractivity contribution < 1.29 is 9.53 Å². The van der Waals surface area contributed by atoms with Crippen LogP contribution in [-0.2, 0) is 17.5 Å². The molecule has 0 heterocycles. The summed E-state index contributed by atoms with van der Waals surface area (Å²) in [5, 5.41) is 9.65. The summed E-state index contributed by atoms with van der Waals surface area (Å²) < 4.78 is 5.91.